The van der Waals surface area contributed by atoms with Gasteiger partial charge in [0, 0.05) is 18.6 Å². The highest BCUT2D eigenvalue weighted by atomic mass is 32.2. The van der Waals surface area contributed by atoms with Gasteiger partial charge in [0.05, 0.1) is 10.1 Å². The fourth-order valence-electron chi connectivity index (χ4n) is 2.94. The summed E-state index contributed by atoms with van der Waals surface area (Å²) in [6.07, 6.45) is 6.49. The summed E-state index contributed by atoms with van der Waals surface area (Å²) in [5, 5.41) is -0.644. The molecule has 1 saturated carbocycles. The van der Waals surface area contributed by atoms with Crippen LogP contribution in [-0.4, -0.2) is 34.1 Å². The number of hydrogen-bond acceptors (Lipinski definition) is 5. The molecule has 142 valence electrons. The van der Waals surface area contributed by atoms with Crippen molar-refractivity contribution < 1.29 is 21.6 Å². The fraction of sp³-hybridized carbons (Fsp3) is 0.611. The van der Waals surface area contributed by atoms with E-state index in [0.29, 0.717) is 4.90 Å². The minimum Gasteiger partial charge on any atom is -0.299 e. The van der Waals surface area contributed by atoms with Gasteiger partial charge in [-0.2, -0.15) is 0 Å². The van der Waals surface area contributed by atoms with E-state index in [-0.39, 0.29) is 18.1 Å². The molecule has 5 nitrogen and oxygen atoms in total. The third kappa shape index (κ3) is 7.28. The Hall–Kier alpha value is -1.21. The summed E-state index contributed by atoms with van der Waals surface area (Å²) < 4.78 is 43.1. The van der Waals surface area contributed by atoms with E-state index in [2.05, 4.69) is 0 Å². The number of rotatable bonds is 5. The SMILES string of the molecule is C[SH](=O)=O.Cc1ccc(S(=O)(=O)C(C)CC(=O)C2CCCCC2)cc1. The second kappa shape index (κ2) is 10.1. The van der Waals surface area contributed by atoms with Crippen LogP contribution in [0.15, 0.2) is 29.2 Å². The molecule has 0 amide bonds. The topological polar surface area (TPSA) is 85.3 Å². The molecule has 0 bridgehead atoms. The zero-order valence-corrected chi connectivity index (χ0v) is 16.8. The number of benzene rings is 1. The number of ketones is 1. The molecule has 0 heterocycles. The van der Waals surface area contributed by atoms with Crippen LogP contribution in [0.5, 0.6) is 0 Å². The van der Waals surface area contributed by atoms with Crippen molar-refractivity contribution in [3.63, 3.8) is 0 Å². The Morgan fingerprint density at radius 1 is 1.12 bits per heavy atom. The van der Waals surface area contributed by atoms with E-state index in [1.165, 1.54) is 6.42 Å². The van der Waals surface area contributed by atoms with Crippen molar-refractivity contribution in [2.24, 2.45) is 5.92 Å². The number of aryl methyl sites for hydroxylation is 1. The highest BCUT2D eigenvalue weighted by Gasteiger charge is 2.29. The Balaban J connectivity index is 0.000000705. The third-order valence-electron chi connectivity index (χ3n) is 4.43. The van der Waals surface area contributed by atoms with E-state index in [9.17, 15) is 13.2 Å². The van der Waals surface area contributed by atoms with Gasteiger partial charge >= 0.3 is 0 Å². The number of hydrogen-bond donors (Lipinski definition) is 1. The van der Waals surface area contributed by atoms with Gasteiger partial charge in [-0.05, 0) is 38.8 Å². The average Bonchev–Trinajstić information content (AvgIpc) is 2.55. The zero-order chi connectivity index (χ0) is 19.0. The standard InChI is InChI=1S/C17H24O3S.CH4O2S/c1-13-8-10-16(11-9-13)21(19,20)14(2)12-17(18)15-6-4-3-5-7-15;1-4(2)3/h8-11,14-15H,3-7,12H2,1-2H3;4H,1H3. The molecule has 0 N–H and O–H groups in total. The largest absolute Gasteiger partial charge is 0.299 e. The average molecular weight is 389 g/mol. The normalized spacial score (nSPS) is 16.8. The lowest BCUT2D eigenvalue weighted by molar-refractivity contribution is -0.123. The Morgan fingerprint density at radius 2 is 1.60 bits per heavy atom. The first kappa shape index (κ1) is 21.8. The molecule has 0 aromatic heterocycles. The summed E-state index contributed by atoms with van der Waals surface area (Å²) in [5.74, 6) is 0.201. The van der Waals surface area contributed by atoms with E-state index >= 15 is 0 Å². The monoisotopic (exact) mass is 388 g/mol. The van der Waals surface area contributed by atoms with Gasteiger partial charge in [-0.3, -0.25) is 4.79 Å². The molecule has 0 saturated heterocycles. The predicted octanol–water partition coefficient (Wildman–Crippen LogP) is 2.92. The predicted molar refractivity (Wildman–Crippen MR) is 100 cm³/mol. The summed E-state index contributed by atoms with van der Waals surface area (Å²) in [5.41, 5.74) is 1.03. The molecule has 1 unspecified atom stereocenters. The van der Waals surface area contributed by atoms with Gasteiger partial charge in [-0.25, -0.2) is 16.8 Å². The van der Waals surface area contributed by atoms with Crippen LogP contribution in [0.1, 0.15) is 51.0 Å². The van der Waals surface area contributed by atoms with Crippen LogP contribution in [0, 0.1) is 12.8 Å². The second-order valence-electron chi connectivity index (χ2n) is 6.61. The van der Waals surface area contributed by atoms with Crippen molar-refractivity contribution in [2.75, 3.05) is 6.26 Å². The molecule has 0 spiro atoms. The van der Waals surface area contributed by atoms with Crippen LogP contribution in [0.2, 0.25) is 0 Å². The lowest BCUT2D eigenvalue weighted by Gasteiger charge is -2.22. The number of Topliss-reactive ketones (excluding diaryl/α,β-unsaturated/α-hetero) is 1. The second-order valence-corrected chi connectivity index (χ2v) is 9.86. The number of sulfone groups is 1. The first-order valence-corrected chi connectivity index (χ1v) is 11.7. The minimum absolute atomic E-state index is 0.0782. The highest BCUT2D eigenvalue weighted by Crippen LogP contribution is 2.27. The van der Waals surface area contributed by atoms with Crippen molar-refractivity contribution >= 4 is 26.3 Å². The molecule has 1 aromatic rings. The molecular weight excluding hydrogens is 360 g/mol. The molecule has 1 aliphatic rings. The first-order valence-electron chi connectivity index (χ1n) is 8.56. The molecule has 1 atom stereocenters. The van der Waals surface area contributed by atoms with Crippen LogP contribution < -0.4 is 0 Å². The maximum Gasteiger partial charge on any atom is 0.181 e. The molecule has 0 aliphatic heterocycles. The highest BCUT2D eigenvalue weighted by molar-refractivity contribution is 7.92. The quantitative estimate of drug-likeness (QED) is 0.784. The van der Waals surface area contributed by atoms with Crippen LogP contribution in [-0.2, 0) is 25.3 Å². The Kier molecular flexibility index (Phi) is 8.79. The summed E-state index contributed by atoms with van der Waals surface area (Å²) in [7, 11) is -5.53. The van der Waals surface area contributed by atoms with E-state index in [0.717, 1.165) is 37.5 Å². The molecule has 7 heteroatoms. The van der Waals surface area contributed by atoms with E-state index in [1.807, 2.05) is 6.92 Å². The summed E-state index contributed by atoms with van der Waals surface area (Å²) >= 11 is 0. The summed E-state index contributed by atoms with van der Waals surface area (Å²) in [4.78, 5) is 12.6. The van der Waals surface area contributed by atoms with Crippen molar-refractivity contribution in [3.05, 3.63) is 29.8 Å². The van der Waals surface area contributed by atoms with Gasteiger partial charge < -0.3 is 0 Å². The van der Waals surface area contributed by atoms with Gasteiger partial charge in [0.15, 0.2) is 9.84 Å². The smallest absolute Gasteiger partial charge is 0.181 e. The van der Waals surface area contributed by atoms with Crippen LogP contribution in [0.25, 0.3) is 0 Å². The van der Waals surface area contributed by atoms with E-state index in [4.69, 9.17) is 8.42 Å². The van der Waals surface area contributed by atoms with Crippen molar-refractivity contribution in [1.82, 2.24) is 0 Å². The molecule has 2 rings (SSSR count). The molecule has 1 aromatic carbocycles. The lowest BCUT2D eigenvalue weighted by atomic mass is 9.85. The molecule has 1 fully saturated rings. The Labute approximate surface area is 152 Å². The van der Waals surface area contributed by atoms with E-state index < -0.39 is 25.8 Å². The third-order valence-corrected chi connectivity index (χ3v) is 6.58. The maximum absolute atomic E-state index is 12.5. The summed E-state index contributed by atoms with van der Waals surface area (Å²) in [6.45, 7) is 3.57. The molecule has 25 heavy (non-hydrogen) atoms. The van der Waals surface area contributed by atoms with Gasteiger partial charge in [-0.1, -0.05) is 37.0 Å². The van der Waals surface area contributed by atoms with Crippen molar-refractivity contribution in [2.45, 2.75) is 62.5 Å². The fourth-order valence-corrected chi connectivity index (χ4v) is 4.31. The zero-order valence-electron chi connectivity index (χ0n) is 15.1. The number of carbonyl (C=O) groups is 1. The Morgan fingerprint density at radius 3 is 2.08 bits per heavy atom. The molecule has 0 radical (unpaired) electrons. The van der Waals surface area contributed by atoms with Crippen LogP contribution >= 0.6 is 0 Å². The minimum atomic E-state index is -3.41. The van der Waals surface area contributed by atoms with Gasteiger partial charge in [0.25, 0.3) is 0 Å². The van der Waals surface area contributed by atoms with Gasteiger partial charge in [0.1, 0.15) is 16.5 Å². The van der Waals surface area contributed by atoms with Gasteiger partial charge in [0.2, 0.25) is 0 Å². The van der Waals surface area contributed by atoms with Crippen LogP contribution in [0.4, 0.5) is 0 Å². The Bertz CT molecular complexity index is 719. The van der Waals surface area contributed by atoms with Crippen molar-refractivity contribution in [1.29, 1.82) is 0 Å². The molecule has 1 aliphatic carbocycles. The molecular formula is C18H28O5S2. The number of thiol groups is 1. The summed E-state index contributed by atoms with van der Waals surface area (Å²) in [6, 6.07) is 6.85. The van der Waals surface area contributed by atoms with Crippen LogP contribution in [0.3, 0.4) is 0 Å². The van der Waals surface area contributed by atoms with Crippen molar-refractivity contribution in [3.8, 4) is 0 Å². The van der Waals surface area contributed by atoms with Gasteiger partial charge in [-0.15, -0.1) is 0 Å². The maximum atomic E-state index is 12.5. The number of carbonyl (C=O) groups excluding carboxylic acids is 1. The van der Waals surface area contributed by atoms with E-state index in [1.54, 1.807) is 31.2 Å². The lowest BCUT2D eigenvalue weighted by Crippen LogP contribution is -2.26. The first-order chi connectivity index (χ1) is 11.6.